The Balaban J connectivity index is 2.12. The Morgan fingerprint density at radius 1 is 1.07 bits per heavy atom. The van der Waals surface area contributed by atoms with Gasteiger partial charge in [-0.05, 0) is 30.7 Å². The molecule has 2 rings (SSSR count). The molecule has 0 unspecified atom stereocenters. The number of nitrogens with zero attached hydrogens (tertiary/aromatic N) is 1. The molecule has 8 heteroatoms. The molecule has 0 fully saturated rings. The van der Waals surface area contributed by atoms with Crippen molar-refractivity contribution >= 4 is 21.4 Å². The number of para-hydroxylation sites is 1. The number of benzene rings is 2. The van der Waals surface area contributed by atoms with E-state index >= 15 is 0 Å². The number of hydrogen-bond acceptors (Lipinski definition) is 4. The summed E-state index contributed by atoms with van der Waals surface area (Å²) in [5.41, 5.74) is 0.901. The molecular formula is C19H22F2N2O3S. The van der Waals surface area contributed by atoms with Gasteiger partial charge in [0.2, 0.25) is 15.7 Å². The highest BCUT2D eigenvalue weighted by atomic mass is 32.2. The van der Waals surface area contributed by atoms with Crippen LogP contribution >= 0.6 is 0 Å². The van der Waals surface area contributed by atoms with E-state index in [1.165, 1.54) is 18.2 Å². The fourth-order valence-electron chi connectivity index (χ4n) is 2.68. The average Bonchev–Trinajstić information content (AvgIpc) is 2.63. The molecule has 0 radical (unpaired) electrons. The number of rotatable bonds is 9. The zero-order chi connectivity index (χ0) is 19.9. The summed E-state index contributed by atoms with van der Waals surface area (Å²) in [4.78, 5) is 13.7. The predicted octanol–water partition coefficient (Wildman–Crippen LogP) is 3.53. The Kier molecular flexibility index (Phi) is 7.44. The summed E-state index contributed by atoms with van der Waals surface area (Å²) in [6, 6.07) is 14.8. The Morgan fingerprint density at radius 2 is 1.70 bits per heavy atom. The van der Waals surface area contributed by atoms with E-state index < -0.39 is 26.4 Å². The lowest BCUT2D eigenvalue weighted by Crippen LogP contribution is -2.33. The molecule has 2 aromatic carbocycles. The highest BCUT2D eigenvalue weighted by molar-refractivity contribution is 7.91. The summed E-state index contributed by atoms with van der Waals surface area (Å²) in [5, 5.41) is 2.45. The van der Waals surface area contributed by atoms with Crippen LogP contribution in [0.5, 0.6) is 0 Å². The molecule has 0 atom stereocenters. The second kappa shape index (κ2) is 9.57. The molecule has 0 heterocycles. The molecule has 2 aromatic rings. The molecule has 1 amide bonds. The number of amides is 1. The Bertz CT molecular complexity index is 858. The van der Waals surface area contributed by atoms with Crippen molar-refractivity contribution in [2.45, 2.75) is 30.5 Å². The van der Waals surface area contributed by atoms with Crippen LogP contribution in [0.25, 0.3) is 0 Å². The lowest BCUT2D eigenvalue weighted by atomic mass is 10.2. The van der Waals surface area contributed by atoms with Crippen molar-refractivity contribution in [3.8, 4) is 0 Å². The monoisotopic (exact) mass is 396 g/mol. The summed E-state index contributed by atoms with van der Waals surface area (Å²) >= 11 is 0. The van der Waals surface area contributed by atoms with Crippen LogP contribution in [0.1, 0.15) is 18.9 Å². The number of alkyl halides is 2. The van der Waals surface area contributed by atoms with Gasteiger partial charge in [0.25, 0.3) is 0 Å². The van der Waals surface area contributed by atoms with Gasteiger partial charge >= 0.3 is 5.76 Å². The second-order valence-electron chi connectivity index (χ2n) is 6.05. The number of carbonyl (C=O) groups excluding carboxylic acids is 1. The fraction of sp³-hybridized carbons (Fsp3) is 0.316. The topological polar surface area (TPSA) is 66.5 Å². The molecule has 0 aliphatic rings. The van der Waals surface area contributed by atoms with Crippen molar-refractivity contribution in [1.29, 1.82) is 0 Å². The van der Waals surface area contributed by atoms with Gasteiger partial charge in [0, 0.05) is 6.54 Å². The van der Waals surface area contributed by atoms with Gasteiger partial charge in [0.1, 0.15) is 0 Å². The maximum Gasteiger partial charge on any atom is 0.341 e. The lowest BCUT2D eigenvalue weighted by Gasteiger charge is -2.21. The highest BCUT2D eigenvalue weighted by Gasteiger charge is 2.29. The first-order chi connectivity index (χ1) is 12.8. The maximum atomic E-state index is 12.9. The first kappa shape index (κ1) is 21.0. The zero-order valence-corrected chi connectivity index (χ0v) is 15.8. The van der Waals surface area contributed by atoms with Crippen molar-refractivity contribution < 1.29 is 22.0 Å². The van der Waals surface area contributed by atoms with Gasteiger partial charge in [-0.3, -0.25) is 9.69 Å². The molecule has 0 aromatic heterocycles. The molecule has 0 saturated carbocycles. The van der Waals surface area contributed by atoms with E-state index in [1.54, 1.807) is 0 Å². The molecule has 0 saturated heterocycles. The molecule has 27 heavy (non-hydrogen) atoms. The largest absolute Gasteiger partial charge is 0.341 e. The zero-order valence-electron chi connectivity index (χ0n) is 14.9. The molecule has 0 aliphatic heterocycles. The average molecular weight is 396 g/mol. The minimum Gasteiger partial charge on any atom is -0.324 e. The molecule has 0 bridgehead atoms. The number of anilines is 1. The number of halogens is 2. The number of nitrogens with one attached hydrogen (secondary N) is 1. The number of carbonyl (C=O) groups is 1. The van der Waals surface area contributed by atoms with Gasteiger partial charge < -0.3 is 5.32 Å². The van der Waals surface area contributed by atoms with E-state index in [9.17, 15) is 22.0 Å². The van der Waals surface area contributed by atoms with Gasteiger partial charge in [-0.2, -0.15) is 8.78 Å². The highest BCUT2D eigenvalue weighted by Crippen LogP contribution is 2.26. The summed E-state index contributed by atoms with van der Waals surface area (Å²) in [7, 11) is -4.80. The Labute approximate surface area is 157 Å². The van der Waals surface area contributed by atoms with Crippen LogP contribution in [0.2, 0.25) is 0 Å². The summed E-state index contributed by atoms with van der Waals surface area (Å²) in [5.74, 6) is -4.01. The van der Waals surface area contributed by atoms with Crippen LogP contribution in [0, 0.1) is 0 Å². The van der Waals surface area contributed by atoms with Crippen LogP contribution in [0.4, 0.5) is 14.5 Å². The van der Waals surface area contributed by atoms with Crippen molar-refractivity contribution in [2.75, 3.05) is 18.4 Å². The molecule has 0 spiro atoms. The van der Waals surface area contributed by atoms with Crippen molar-refractivity contribution in [3.63, 3.8) is 0 Å². The van der Waals surface area contributed by atoms with Crippen LogP contribution in [0.15, 0.2) is 59.5 Å². The van der Waals surface area contributed by atoms with E-state index in [0.29, 0.717) is 13.1 Å². The first-order valence-electron chi connectivity index (χ1n) is 8.51. The van der Waals surface area contributed by atoms with Gasteiger partial charge in [-0.1, -0.05) is 49.4 Å². The van der Waals surface area contributed by atoms with E-state index in [1.807, 2.05) is 42.2 Å². The molecule has 1 N–H and O–H groups in total. The smallest absolute Gasteiger partial charge is 0.324 e. The van der Waals surface area contributed by atoms with E-state index in [2.05, 4.69) is 5.32 Å². The predicted molar refractivity (Wildman–Crippen MR) is 100 cm³/mol. The standard InChI is InChI=1S/C19H22F2N2O3S/c1-2-12-23(13-15-8-4-3-5-9-15)14-18(24)22-16-10-6-7-11-17(16)27(25,26)19(20)21/h3-11,19H,2,12-14H2,1H3,(H,22,24). The summed E-state index contributed by atoms with van der Waals surface area (Å²) < 4.78 is 49.3. The van der Waals surface area contributed by atoms with E-state index in [4.69, 9.17) is 0 Å². The number of sulfone groups is 1. The van der Waals surface area contributed by atoms with Crippen molar-refractivity contribution in [3.05, 3.63) is 60.2 Å². The Morgan fingerprint density at radius 3 is 2.33 bits per heavy atom. The van der Waals surface area contributed by atoms with Crippen LogP contribution in [-0.2, 0) is 21.2 Å². The maximum absolute atomic E-state index is 12.9. The van der Waals surface area contributed by atoms with Gasteiger partial charge in [-0.15, -0.1) is 0 Å². The Hall–Kier alpha value is -2.32. The molecule has 5 nitrogen and oxygen atoms in total. The minimum atomic E-state index is -4.80. The van der Waals surface area contributed by atoms with Gasteiger partial charge in [0.05, 0.1) is 17.1 Å². The van der Waals surface area contributed by atoms with E-state index in [-0.39, 0.29) is 12.2 Å². The van der Waals surface area contributed by atoms with Crippen molar-refractivity contribution in [1.82, 2.24) is 4.90 Å². The normalized spacial score (nSPS) is 11.7. The fourth-order valence-corrected chi connectivity index (χ4v) is 3.56. The van der Waals surface area contributed by atoms with Crippen molar-refractivity contribution in [2.24, 2.45) is 0 Å². The van der Waals surface area contributed by atoms with Crippen LogP contribution in [0.3, 0.4) is 0 Å². The molecule has 146 valence electrons. The first-order valence-corrected chi connectivity index (χ1v) is 10.1. The quantitative estimate of drug-likeness (QED) is 0.704. The number of hydrogen-bond donors (Lipinski definition) is 1. The minimum absolute atomic E-state index is 0.0196. The summed E-state index contributed by atoms with van der Waals surface area (Å²) in [6.07, 6.45) is 0.830. The lowest BCUT2D eigenvalue weighted by molar-refractivity contribution is -0.117. The SMILES string of the molecule is CCCN(CC(=O)Nc1ccccc1S(=O)(=O)C(F)F)Cc1ccccc1. The molecular weight excluding hydrogens is 374 g/mol. The van der Waals surface area contributed by atoms with Crippen LogP contribution < -0.4 is 5.32 Å². The molecule has 0 aliphatic carbocycles. The summed E-state index contributed by atoms with van der Waals surface area (Å²) in [6.45, 7) is 3.23. The third-order valence-electron chi connectivity index (χ3n) is 3.86. The van der Waals surface area contributed by atoms with Crippen LogP contribution in [-0.4, -0.2) is 38.1 Å². The third-order valence-corrected chi connectivity index (χ3v) is 5.30. The van der Waals surface area contributed by atoms with E-state index in [0.717, 1.165) is 18.1 Å². The second-order valence-corrected chi connectivity index (χ2v) is 7.93. The van der Waals surface area contributed by atoms with Gasteiger partial charge in [0.15, 0.2) is 0 Å². The third kappa shape index (κ3) is 5.83. The van der Waals surface area contributed by atoms with Gasteiger partial charge in [-0.25, -0.2) is 8.42 Å².